The number of nitro benzene ring substituents is 1. The molecule has 2 rings (SSSR count). The van der Waals surface area contributed by atoms with Gasteiger partial charge in [0, 0.05) is 50.5 Å². The highest BCUT2D eigenvalue weighted by molar-refractivity contribution is 5.79. The monoisotopic (exact) mass is 365 g/mol. The first-order valence-corrected chi connectivity index (χ1v) is 8.49. The normalized spacial score (nSPS) is 15.8. The molecular weight excluding hydrogens is 342 g/mol. The summed E-state index contributed by atoms with van der Waals surface area (Å²) in [6.45, 7) is 1.42. The summed E-state index contributed by atoms with van der Waals surface area (Å²) < 4.78 is 5.20. The summed E-state index contributed by atoms with van der Waals surface area (Å²) in [5, 5.41) is 25.8. The molecule has 0 aliphatic carbocycles. The van der Waals surface area contributed by atoms with Crippen molar-refractivity contribution in [2.45, 2.75) is 25.7 Å². The van der Waals surface area contributed by atoms with Crippen molar-refractivity contribution in [1.29, 1.82) is 0 Å². The first kappa shape index (κ1) is 19.6. The predicted molar refractivity (Wildman–Crippen MR) is 94.0 cm³/mol. The standard InChI is InChI=1S/C17H23N3O6/c21-15(19-12-17(16(22)23)7-10-26-11-8-17)2-1-9-18-13-3-5-14(6-4-13)20(24)25/h3-6,18H,1-2,7-12H2,(H,19,21)(H,22,23). The van der Waals surface area contributed by atoms with E-state index in [0.717, 1.165) is 5.69 Å². The average molecular weight is 365 g/mol. The van der Waals surface area contributed by atoms with Crippen molar-refractivity contribution in [3.63, 3.8) is 0 Å². The summed E-state index contributed by atoms with van der Waals surface area (Å²) in [4.78, 5) is 33.6. The van der Waals surface area contributed by atoms with Crippen molar-refractivity contribution < 1.29 is 24.4 Å². The van der Waals surface area contributed by atoms with E-state index in [1.54, 1.807) is 12.1 Å². The van der Waals surface area contributed by atoms with Gasteiger partial charge in [0.15, 0.2) is 0 Å². The smallest absolute Gasteiger partial charge is 0.311 e. The van der Waals surface area contributed by atoms with E-state index in [9.17, 15) is 24.8 Å². The van der Waals surface area contributed by atoms with Gasteiger partial charge in [-0.15, -0.1) is 0 Å². The van der Waals surface area contributed by atoms with E-state index < -0.39 is 16.3 Å². The van der Waals surface area contributed by atoms with Crippen LogP contribution in [0.25, 0.3) is 0 Å². The fraction of sp³-hybridized carbons (Fsp3) is 0.529. The third kappa shape index (κ3) is 5.41. The van der Waals surface area contributed by atoms with Gasteiger partial charge in [0.05, 0.1) is 10.3 Å². The molecule has 0 spiro atoms. The molecule has 1 aromatic carbocycles. The van der Waals surface area contributed by atoms with Crippen LogP contribution in [0.4, 0.5) is 11.4 Å². The van der Waals surface area contributed by atoms with Crippen LogP contribution in [0.15, 0.2) is 24.3 Å². The van der Waals surface area contributed by atoms with Crippen LogP contribution in [0.5, 0.6) is 0 Å². The number of nitrogens with zero attached hydrogens (tertiary/aromatic N) is 1. The topological polar surface area (TPSA) is 131 Å². The summed E-state index contributed by atoms with van der Waals surface area (Å²) in [7, 11) is 0. The lowest BCUT2D eigenvalue weighted by molar-refractivity contribution is -0.384. The van der Waals surface area contributed by atoms with Gasteiger partial charge < -0.3 is 20.5 Å². The Kier molecular flexibility index (Phi) is 6.90. The fourth-order valence-electron chi connectivity index (χ4n) is 2.77. The van der Waals surface area contributed by atoms with Gasteiger partial charge in [-0.2, -0.15) is 0 Å². The maximum Gasteiger partial charge on any atom is 0.311 e. The van der Waals surface area contributed by atoms with Crippen LogP contribution in [-0.2, 0) is 14.3 Å². The number of hydrogen-bond acceptors (Lipinski definition) is 6. The highest BCUT2D eigenvalue weighted by Crippen LogP contribution is 2.30. The van der Waals surface area contributed by atoms with Crippen molar-refractivity contribution in [2.24, 2.45) is 5.41 Å². The zero-order valence-corrected chi connectivity index (χ0v) is 14.4. The number of nitro groups is 1. The van der Waals surface area contributed by atoms with Crippen molar-refractivity contribution in [3.8, 4) is 0 Å². The van der Waals surface area contributed by atoms with Gasteiger partial charge in [-0.1, -0.05) is 0 Å². The molecule has 1 aliphatic rings. The Balaban J connectivity index is 1.68. The van der Waals surface area contributed by atoms with Crippen LogP contribution < -0.4 is 10.6 Å². The molecule has 0 atom stereocenters. The first-order chi connectivity index (χ1) is 12.4. The molecule has 1 aromatic rings. The predicted octanol–water partition coefficient (Wildman–Crippen LogP) is 1.78. The summed E-state index contributed by atoms with van der Waals surface area (Å²) in [5.41, 5.74) is -0.177. The van der Waals surface area contributed by atoms with E-state index in [0.29, 0.717) is 39.0 Å². The van der Waals surface area contributed by atoms with E-state index >= 15 is 0 Å². The maximum absolute atomic E-state index is 11.9. The third-order valence-corrected chi connectivity index (χ3v) is 4.52. The molecule has 1 aliphatic heterocycles. The number of hydrogen-bond donors (Lipinski definition) is 3. The fourth-order valence-corrected chi connectivity index (χ4v) is 2.77. The van der Waals surface area contributed by atoms with Crippen molar-refractivity contribution in [3.05, 3.63) is 34.4 Å². The van der Waals surface area contributed by atoms with Crippen LogP contribution in [-0.4, -0.2) is 48.2 Å². The zero-order chi connectivity index (χ0) is 19.0. The molecule has 0 aromatic heterocycles. The molecule has 0 saturated carbocycles. The third-order valence-electron chi connectivity index (χ3n) is 4.52. The number of rotatable bonds is 9. The van der Waals surface area contributed by atoms with E-state index in [1.165, 1.54) is 12.1 Å². The molecule has 142 valence electrons. The number of anilines is 1. The van der Waals surface area contributed by atoms with Crippen LogP contribution in [0.3, 0.4) is 0 Å². The molecule has 9 nitrogen and oxygen atoms in total. The summed E-state index contributed by atoms with van der Waals surface area (Å²) in [5.74, 6) is -1.09. The minimum absolute atomic E-state index is 0.0235. The lowest BCUT2D eigenvalue weighted by atomic mass is 9.80. The minimum Gasteiger partial charge on any atom is -0.481 e. The number of carboxylic acids is 1. The van der Waals surface area contributed by atoms with E-state index in [2.05, 4.69) is 10.6 Å². The molecule has 0 radical (unpaired) electrons. The van der Waals surface area contributed by atoms with Gasteiger partial charge in [0.2, 0.25) is 5.91 Å². The Hall–Kier alpha value is -2.68. The number of carbonyl (C=O) groups excluding carboxylic acids is 1. The van der Waals surface area contributed by atoms with Gasteiger partial charge in [0.25, 0.3) is 5.69 Å². The van der Waals surface area contributed by atoms with Crippen LogP contribution in [0.2, 0.25) is 0 Å². The highest BCUT2D eigenvalue weighted by atomic mass is 16.6. The Labute approximate surface area is 150 Å². The lowest BCUT2D eigenvalue weighted by Crippen LogP contribution is -2.46. The van der Waals surface area contributed by atoms with Gasteiger partial charge in [0.1, 0.15) is 0 Å². The van der Waals surface area contributed by atoms with Crippen molar-refractivity contribution in [2.75, 3.05) is 31.6 Å². The molecule has 1 heterocycles. The summed E-state index contributed by atoms with van der Waals surface area (Å²) >= 11 is 0. The Bertz CT molecular complexity index is 640. The quantitative estimate of drug-likeness (QED) is 0.345. The average Bonchev–Trinajstić information content (AvgIpc) is 2.64. The van der Waals surface area contributed by atoms with Crippen LogP contribution in [0.1, 0.15) is 25.7 Å². The van der Waals surface area contributed by atoms with Gasteiger partial charge >= 0.3 is 5.97 Å². The molecular formula is C17H23N3O6. The second kappa shape index (κ2) is 9.14. The SMILES string of the molecule is O=C(CCCNc1ccc([N+](=O)[O-])cc1)NCC1(C(=O)O)CCOCC1. The van der Waals surface area contributed by atoms with Crippen LogP contribution in [0, 0.1) is 15.5 Å². The maximum atomic E-state index is 11.9. The molecule has 26 heavy (non-hydrogen) atoms. The molecule has 9 heteroatoms. The Morgan fingerprint density at radius 2 is 1.88 bits per heavy atom. The highest BCUT2D eigenvalue weighted by Gasteiger charge is 2.40. The van der Waals surface area contributed by atoms with E-state index in [4.69, 9.17) is 4.74 Å². The number of carboxylic acid groups (broad SMARTS) is 1. The second-order valence-electron chi connectivity index (χ2n) is 6.31. The number of non-ortho nitro benzene ring substituents is 1. The molecule has 0 unspecified atom stereocenters. The molecule has 3 N–H and O–H groups in total. The van der Waals surface area contributed by atoms with Crippen molar-refractivity contribution >= 4 is 23.3 Å². The minimum atomic E-state index is -0.940. The molecule has 1 amide bonds. The zero-order valence-electron chi connectivity index (χ0n) is 14.4. The molecule has 0 bridgehead atoms. The lowest BCUT2D eigenvalue weighted by Gasteiger charge is -2.33. The van der Waals surface area contributed by atoms with Gasteiger partial charge in [-0.3, -0.25) is 19.7 Å². The van der Waals surface area contributed by atoms with Crippen molar-refractivity contribution in [1.82, 2.24) is 5.32 Å². The first-order valence-electron chi connectivity index (χ1n) is 8.49. The number of ether oxygens (including phenoxy) is 1. The Morgan fingerprint density at radius 1 is 1.23 bits per heavy atom. The van der Waals surface area contributed by atoms with E-state index in [-0.39, 0.29) is 24.6 Å². The van der Waals surface area contributed by atoms with Crippen LogP contribution >= 0.6 is 0 Å². The summed E-state index contributed by atoms with van der Waals surface area (Å²) in [6, 6.07) is 6.04. The number of nitrogens with one attached hydrogen (secondary N) is 2. The Morgan fingerprint density at radius 3 is 2.46 bits per heavy atom. The number of benzene rings is 1. The summed E-state index contributed by atoms with van der Waals surface area (Å²) in [6.07, 6.45) is 1.62. The van der Waals surface area contributed by atoms with Gasteiger partial charge in [-0.05, 0) is 31.4 Å². The van der Waals surface area contributed by atoms with Gasteiger partial charge in [-0.25, -0.2) is 0 Å². The number of amides is 1. The largest absolute Gasteiger partial charge is 0.481 e. The number of aliphatic carboxylic acids is 1. The molecule has 1 fully saturated rings. The second-order valence-corrected chi connectivity index (χ2v) is 6.31. The number of carbonyl (C=O) groups is 2. The van der Waals surface area contributed by atoms with E-state index in [1.807, 2.05) is 0 Å². The molecule has 1 saturated heterocycles.